The quantitative estimate of drug-likeness (QED) is 0.784. The number of rotatable bonds is 2. The molecule has 106 valence electrons. The Morgan fingerprint density at radius 2 is 2.00 bits per heavy atom. The predicted octanol–water partition coefficient (Wildman–Crippen LogP) is 2.95. The number of pyridine rings is 1. The Balaban J connectivity index is 2.37. The van der Waals surface area contributed by atoms with Gasteiger partial charge in [0.25, 0.3) is 0 Å². The average molecular weight is 281 g/mol. The molecule has 3 rings (SSSR count). The van der Waals surface area contributed by atoms with Gasteiger partial charge in [-0.05, 0) is 37.1 Å². The Bertz CT molecular complexity index is 865. The molecule has 5 heteroatoms. The first kappa shape index (κ1) is 13.3. The van der Waals surface area contributed by atoms with Crippen molar-refractivity contribution in [2.75, 3.05) is 0 Å². The molecule has 2 heterocycles. The number of aromatic nitrogens is 3. The van der Waals surface area contributed by atoms with E-state index in [1.807, 2.05) is 39.2 Å². The van der Waals surface area contributed by atoms with Crippen molar-refractivity contribution in [1.29, 1.82) is 0 Å². The van der Waals surface area contributed by atoms with E-state index in [0.717, 1.165) is 16.7 Å². The number of aromatic carboxylic acids is 1. The first-order valence-electron chi connectivity index (χ1n) is 6.60. The van der Waals surface area contributed by atoms with Crippen LogP contribution in [-0.4, -0.2) is 25.8 Å². The Morgan fingerprint density at radius 1 is 1.24 bits per heavy atom. The average Bonchev–Trinajstić information content (AvgIpc) is 2.83. The van der Waals surface area contributed by atoms with Gasteiger partial charge in [-0.2, -0.15) is 5.10 Å². The molecule has 3 aromatic rings. The first-order valence-corrected chi connectivity index (χ1v) is 6.60. The molecule has 0 fully saturated rings. The predicted molar refractivity (Wildman–Crippen MR) is 80.4 cm³/mol. The number of hydrogen-bond acceptors (Lipinski definition) is 3. The monoisotopic (exact) mass is 281 g/mol. The zero-order chi connectivity index (χ0) is 15.1. The minimum atomic E-state index is -0.945. The zero-order valence-electron chi connectivity index (χ0n) is 12.1. The van der Waals surface area contributed by atoms with Crippen LogP contribution in [0.4, 0.5) is 0 Å². The lowest BCUT2D eigenvalue weighted by Gasteiger charge is -2.09. The van der Waals surface area contributed by atoms with Crippen molar-refractivity contribution in [3.8, 4) is 11.3 Å². The lowest BCUT2D eigenvalue weighted by Crippen LogP contribution is -2.02. The zero-order valence-corrected chi connectivity index (χ0v) is 12.1. The molecule has 0 spiro atoms. The second kappa shape index (κ2) is 4.70. The largest absolute Gasteiger partial charge is 0.478 e. The number of aryl methyl sites for hydroxylation is 3. The second-order valence-corrected chi connectivity index (χ2v) is 5.24. The number of hydrogen-bond donors (Lipinski definition) is 1. The van der Waals surface area contributed by atoms with E-state index >= 15 is 0 Å². The van der Waals surface area contributed by atoms with Crippen molar-refractivity contribution < 1.29 is 9.90 Å². The van der Waals surface area contributed by atoms with Gasteiger partial charge in [0.2, 0.25) is 0 Å². The molecule has 2 aromatic heterocycles. The molecule has 0 aliphatic carbocycles. The molecular weight excluding hydrogens is 266 g/mol. The van der Waals surface area contributed by atoms with Gasteiger partial charge in [-0.1, -0.05) is 6.07 Å². The number of nitrogens with zero attached hydrogens (tertiary/aromatic N) is 3. The summed E-state index contributed by atoms with van der Waals surface area (Å²) in [5.41, 5.74) is 4.39. The third kappa shape index (κ3) is 2.27. The van der Waals surface area contributed by atoms with Crippen molar-refractivity contribution >= 4 is 16.9 Å². The molecule has 0 amide bonds. The highest BCUT2D eigenvalue weighted by molar-refractivity contribution is 6.05. The first-order chi connectivity index (χ1) is 9.95. The van der Waals surface area contributed by atoms with Crippen molar-refractivity contribution in [2.24, 2.45) is 7.05 Å². The number of fused-ring (bicyclic) bond motifs is 1. The fraction of sp³-hybridized carbons (Fsp3) is 0.188. The Labute approximate surface area is 121 Å². The van der Waals surface area contributed by atoms with Crippen LogP contribution < -0.4 is 0 Å². The molecule has 0 saturated heterocycles. The molecule has 5 nitrogen and oxygen atoms in total. The van der Waals surface area contributed by atoms with E-state index in [2.05, 4.69) is 10.1 Å². The maximum absolute atomic E-state index is 11.6. The van der Waals surface area contributed by atoms with E-state index < -0.39 is 5.97 Å². The van der Waals surface area contributed by atoms with Gasteiger partial charge >= 0.3 is 5.97 Å². The molecule has 21 heavy (non-hydrogen) atoms. The minimum absolute atomic E-state index is 0.274. The van der Waals surface area contributed by atoms with Crippen LogP contribution in [0.25, 0.3) is 22.2 Å². The molecule has 0 aliphatic rings. The standard InChI is InChI=1S/C16H15N3O2/c1-9-4-10(2)15-12(16(20)21)6-13(18-14(15)5-9)11-7-17-19(3)8-11/h4-8H,1-3H3,(H,20,21). The molecule has 0 bridgehead atoms. The van der Waals surface area contributed by atoms with Crippen LogP contribution in [0, 0.1) is 13.8 Å². The minimum Gasteiger partial charge on any atom is -0.478 e. The molecule has 0 radical (unpaired) electrons. The van der Waals surface area contributed by atoms with Gasteiger partial charge in [-0.15, -0.1) is 0 Å². The maximum atomic E-state index is 11.6. The second-order valence-electron chi connectivity index (χ2n) is 5.24. The summed E-state index contributed by atoms with van der Waals surface area (Å²) in [6.45, 7) is 3.89. The molecule has 0 unspecified atom stereocenters. The van der Waals surface area contributed by atoms with Crippen molar-refractivity contribution in [1.82, 2.24) is 14.8 Å². The van der Waals surface area contributed by atoms with Crippen LogP contribution in [0.15, 0.2) is 30.6 Å². The highest BCUT2D eigenvalue weighted by Gasteiger charge is 2.15. The van der Waals surface area contributed by atoms with Gasteiger partial charge in [0.05, 0.1) is 23.0 Å². The van der Waals surface area contributed by atoms with E-state index in [0.29, 0.717) is 16.6 Å². The SMILES string of the molecule is Cc1cc(C)c2c(C(=O)O)cc(-c3cnn(C)c3)nc2c1. The van der Waals surface area contributed by atoms with E-state index in [1.54, 1.807) is 16.9 Å². The highest BCUT2D eigenvalue weighted by atomic mass is 16.4. The van der Waals surface area contributed by atoms with Gasteiger partial charge in [0.15, 0.2) is 0 Å². The third-order valence-electron chi connectivity index (χ3n) is 3.48. The molecule has 0 aliphatic heterocycles. The Morgan fingerprint density at radius 3 is 2.62 bits per heavy atom. The summed E-state index contributed by atoms with van der Waals surface area (Å²) >= 11 is 0. The topological polar surface area (TPSA) is 68.0 Å². The van der Waals surface area contributed by atoms with E-state index in [9.17, 15) is 9.90 Å². The van der Waals surface area contributed by atoms with Crippen molar-refractivity contribution in [2.45, 2.75) is 13.8 Å². The summed E-state index contributed by atoms with van der Waals surface area (Å²) < 4.78 is 1.67. The van der Waals surface area contributed by atoms with Gasteiger partial charge in [-0.3, -0.25) is 4.68 Å². The molecule has 1 aromatic carbocycles. The summed E-state index contributed by atoms with van der Waals surface area (Å²) in [4.78, 5) is 16.2. The number of carboxylic acids is 1. The number of benzene rings is 1. The number of carboxylic acid groups (broad SMARTS) is 1. The molecule has 1 N–H and O–H groups in total. The van der Waals surface area contributed by atoms with Crippen LogP contribution in [0.2, 0.25) is 0 Å². The molecule has 0 atom stereocenters. The fourth-order valence-electron chi connectivity index (χ4n) is 2.62. The summed E-state index contributed by atoms with van der Waals surface area (Å²) in [5.74, 6) is -0.945. The third-order valence-corrected chi connectivity index (χ3v) is 3.48. The molecular formula is C16H15N3O2. The van der Waals surface area contributed by atoms with Gasteiger partial charge in [0, 0.05) is 24.2 Å². The van der Waals surface area contributed by atoms with Crippen molar-refractivity contribution in [3.63, 3.8) is 0 Å². The van der Waals surface area contributed by atoms with E-state index in [-0.39, 0.29) is 5.56 Å². The normalized spacial score (nSPS) is 11.0. The van der Waals surface area contributed by atoms with Crippen LogP contribution in [0.1, 0.15) is 21.5 Å². The summed E-state index contributed by atoms with van der Waals surface area (Å²) in [7, 11) is 1.82. The number of carbonyl (C=O) groups is 1. The van der Waals surface area contributed by atoms with Gasteiger partial charge in [0.1, 0.15) is 0 Å². The smallest absolute Gasteiger partial charge is 0.336 e. The van der Waals surface area contributed by atoms with E-state index in [1.165, 1.54) is 0 Å². The van der Waals surface area contributed by atoms with Crippen LogP contribution in [0.5, 0.6) is 0 Å². The Hall–Kier alpha value is -2.69. The summed E-state index contributed by atoms with van der Waals surface area (Å²) in [6, 6.07) is 5.50. The maximum Gasteiger partial charge on any atom is 0.336 e. The van der Waals surface area contributed by atoms with Gasteiger partial charge < -0.3 is 5.11 Å². The van der Waals surface area contributed by atoms with Crippen LogP contribution in [-0.2, 0) is 7.05 Å². The van der Waals surface area contributed by atoms with Crippen LogP contribution in [0.3, 0.4) is 0 Å². The highest BCUT2D eigenvalue weighted by Crippen LogP contribution is 2.28. The van der Waals surface area contributed by atoms with E-state index in [4.69, 9.17) is 0 Å². The fourth-order valence-corrected chi connectivity index (χ4v) is 2.62. The lowest BCUT2D eigenvalue weighted by molar-refractivity contribution is 0.0699. The lowest BCUT2D eigenvalue weighted by atomic mass is 9.99. The summed E-state index contributed by atoms with van der Waals surface area (Å²) in [6.07, 6.45) is 3.50. The van der Waals surface area contributed by atoms with Crippen molar-refractivity contribution in [3.05, 3.63) is 47.3 Å². The molecule has 0 saturated carbocycles. The summed E-state index contributed by atoms with van der Waals surface area (Å²) in [5, 5.41) is 14.3. The van der Waals surface area contributed by atoms with Crippen LogP contribution >= 0.6 is 0 Å². The van der Waals surface area contributed by atoms with Gasteiger partial charge in [-0.25, -0.2) is 9.78 Å². The Kier molecular flexibility index (Phi) is 2.97.